The molecule has 1 aliphatic heterocycles. The summed E-state index contributed by atoms with van der Waals surface area (Å²) in [6, 6.07) is 0.503. The Morgan fingerprint density at radius 2 is 1.85 bits per heavy atom. The maximum absolute atomic E-state index is 12.6. The molecular formula is C16H31N3O. The van der Waals surface area contributed by atoms with Crippen LogP contribution in [0.2, 0.25) is 0 Å². The van der Waals surface area contributed by atoms with Gasteiger partial charge in [-0.25, -0.2) is 0 Å². The van der Waals surface area contributed by atoms with Gasteiger partial charge in [0.1, 0.15) is 0 Å². The first kappa shape index (κ1) is 15.8. The van der Waals surface area contributed by atoms with E-state index in [0.29, 0.717) is 11.9 Å². The molecule has 2 unspecified atom stereocenters. The summed E-state index contributed by atoms with van der Waals surface area (Å²) in [7, 11) is 1.99. The van der Waals surface area contributed by atoms with Crippen LogP contribution in [0.4, 0.5) is 0 Å². The van der Waals surface area contributed by atoms with E-state index in [2.05, 4.69) is 11.8 Å². The topological polar surface area (TPSA) is 49.6 Å². The molecule has 4 nitrogen and oxygen atoms in total. The molecule has 2 N–H and O–H groups in total. The van der Waals surface area contributed by atoms with Crippen molar-refractivity contribution >= 4 is 5.91 Å². The highest BCUT2D eigenvalue weighted by Crippen LogP contribution is 2.26. The second kappa shape index (κ2) is 7.41. The lowest BCUT2D eigenvalue weighted by Crippen LogP contribution is -2.50. The molecule has 2 rings (SSSR count). The van der Waals surface area contributed by atoms with Crippen LogP contribution in [0.3, 0.4) is 0 Å². The van der Waals surface area contributed by atoms with Crippen LogP contribution in [0.5, 0.6) is 0 Å². The van der Waals surface area contributed by atoms with Crippen molar-refractivity contribution in [3.05, 3.63) is 0 Å². The molecule has 2 fully saturated rings. The molecule has 1 aliphatic carbocycles. The molecule has 1 amide bonds. The highest BCUT2D eigenvalue weighted by Gasteiger charge is 2.33. The molecule has 0 aromatic rings. The van der Waals surface area contributed by atoms with Crippen LogP contribution in [-0.2, 0) is 4.79 Å². The summed E-state index contributed by atoms with van der Waals surface area (Å²) >= 11 is 0. The van der Waals surface area contributed by atoms with Crippen molar-refractivity contribution in [2.24, 2.45) is 11.7 Å². The Balaban J connectivity index is 1.84. The molecule has 4 heteroatoms. The van der Waals surface area contributed by atoms with E-state index < -0.39 is 0 Å². The zero-order valence-corrected chi connectivity index (χ0v) is 13.2. The third-order valence-corrected chi connectivity index (χ3v) is 5.13. The van der Waals surface area contributed by atoms with Crippen molar-refractivity contribution in [2.75, 3.05) is 26.7 Å². The fourth-order valence-corrected chi connectivity index (χ4v) is 3.75. The molecule has 0 radical (unpaired) electrons. The number of hydrogen-bond acceptors (Lipinski definition) is 3. The van der Waals surface area contributed by atoms with Gasteiger partial charge in [0.25, 0.3) is 0 Å². The molecule has 1 saturated carbocycles. The highest BCUT2D eigenvalue weighted by molar-refractivity contribution is 5.79. The second-order valence-electron chi connectivity index (χ2n) is 6.58. The number of hydrogen-bond donors (Lipinski definition) is 1. The van der Waals surface area contributed by atoms with Crippen molar-refractivity contribution in [2.45, 2.75) is 64.0 Å². The molecule has 0 aromatic carbocycles. The number of rotatable bonds is 4. The number of amides is 1. The number of likely N-dealkylation sites (tertiary alicyclic amines) is 1. The minimum atomic E-state index is 0.0717. The van der Waals surface area contributed by atoms with Crippen molar-refractivity contribution in [1.29, 1.82) is 0 Å². The Hall–Kier alpha value is -0.610. The first-order valence-electron chi connectivity index (χ1n) is 8.38. The van der Waals surface area contributed by atoms with Gasteiger partial charge in [-0.2, -0.15) is 0 Å². The maximum Gasteiger partial charge on any atom is 0.227 e. The highest BCUT2D eigenvalue weighted by atomic mass is 16.2. The van der Waals surface area contributed by atoms with Gasteiger partial charge in [0.2, 0.25) is 5.91 Å². The molecule has 116 valence electrons. The van der Waals surface area contributed by atoms with Gasteiger partial charge in [0.05, 0.1) is 5.92 Å². The Morgan fingerprint density at radius 1 is 1.20 bits per heavy atom. The third-order valence-electron chi connectivity index (χ3n) is 5.13. The zero-order chi connectivity index (χ0) is 14.5. The van der Waals surface area contributed by atoms with Crippen molar-refractivity contribution in [3.8, 4) is 0 Å². The fraction of sp³-hybridized carbons (Fsp3) is 0.938. The lowest BCUT2D eigenvalue weighted by molar-refractivity contribution is -0.138. The summed E-state index contributed by atoms with van der Waals surface area (Å²) in [5, 5.41) is 0. The summed E-state index contributed by atoms with van der Waals surface area (Å²) in [6.07, 6.45) is 7.79. The van der Waals surface area contributed by atoms with Gasteiger partial charge in [-0.1, -0.05) is 19.8 Å². The van der Waals surface area contributed by atoms with Crippen LogP contribution in [0.25, 0.3) is 0 Å². The Morgan fingerprint density at radius 3 is 2.45 bits per heavy atom. The number of carbonyl (C=O) groups is 1. The van der Waals surface area contributed by atoms with E-state index in [1.165, 1.54) is 19.4 Å². The average Bonchev–Trinajstić information content (AvgIpc) is 2.47. The van der Waals surface area contributed by atoms with E-state index in [1.807, 2.05) is 11.9 Å². The molecule has 2 atom stereocenters. The van der Waals surface area contributed by atoms with Crippen LogP contribution in [0.15, 0.2) is 0 Å². The van der Waals surface area contributed by atoms with Crippen LogP contribution >= 0.6 is 0 Å². The summed E-state index contributed by atoms with van der Waals surface area (Å²) in [5.41, 5.74) is 6.15. The first-order valence-corrected chi connectivity index (χ1v) is 8.38. The predicted octanol–water partition coefficient (Wildman–Crippen LogP) is 1.84. The fourth-order valence-electron chi connectivity index (χ4n) is 3.75. The quantitative estimate of drug-likeness (QED) is 0.855. The van der Waals surface area contributed by atoms with Crippen LogP contribution in [-0.4, -0.2) is 54.5 Å². The number of piperidine rings is 1. The molecule has 2 aliphatic rings. The van der Waals surface area contributed by atoms with Gasteiger partial charge in [-0.05, 0) is 38.6 Å². The van der Waals surface area contributed by atoms with Gasteiger partial charge in [-0.15, -0.1) is 0 Å². The van der Waals surface area contributed by atoms with Gasteiger partial charge in [0, 0.05) is 32.2 Å². The zero-order valence-electron chi connectivity index (χ0n) is 13.2. The SMILES string of the molecule is CCCN1CCC(N(C)C(=O)C2CCCCC2N)CC1. The molecule has 20 heavy (non-hydrogen) atoms. The van der Waals surface area contributed by atoms with Crippen molar-refractivity contribution < 1.29 is 4.79 Å². The van der Waals surface area contributed by atoms with Crippen LogP contribution < -0.4 is 5.73 Å². The summed E-state index contributed by atoms with van der Waals surface area (Å²) in [4.78, 5) is 17.2. The monoisotopic (exact) mass is 281 g/mol. The minimum absolute atomic E-state index is 0.0717. The summed E-state index contributed by atoms with van der Waals surface area (Å²) < 4.78 is 0. The smallest absolute Gasteiger partial charge is 0.227 e. The van der Waals surface area contributed by atoms with Crippen molar-refractivity contribution in [3.63, 3.8) is 0 Å². The van der Waals surface area contributed by atoms with E-state index in [0.717, 1.165) is 45.2 Å². The lowest BCUT2D eigenvalue weighted by atomic mass is 9.83. The molecule has 1 heterocycles. The van der Waals surface area contributed by atoms with Crippen LogP contribution in [0, 0.1) is 5.92 Å². The normalized spacial score (nSPS) is 29.4. The average molecular weight is 281 g/mol. The van der Waals surface area contributed by atoms with E-state index in [4.69, 9.17) is 5.73 Å². The Kier molecular flexibility index (Phi) is 5.85. The molecule has 1 saturated heterocycles. The lowest BCUT2D eigenvalue weighted by Gasteiger charge is -2.39. The molecule has 0 aromatic heterocycles. The third kappa shape index (κ3) is 3.73. The van der Waals surface area contributed by atoms with E-state index in [9.17, 15) is 4.79 Å². The molecular weight excluding hydrogens is 250 g/mol. The molecule has 0 bridgehead atoms. The standard InChI is InChI=1S/C16H31N3O/c1-3-10-19-11-8-13(9-12-19)18(2)16(20)14-6-4-5-7-15(14)17/h13-15H,3-12,17H2,1-2H3. The minimum Gasteiger partial charge on any atom is -0.342 e. The van der Waals surface area contributed by atoms with Gasteiger partial charge >= 0.3 is 0 Å². The van der Waals surface area contributed by atoms with Gasteiger partial charge < -0.3 is 15.5 Å². The van der Waals surface area contributed by atoms with Gasteiger partial charge in [-0.3, -0.25) is 4.79 Å². The van der Waals surface area contributed by atoms with Crippen molar-refractivity contribution in [1.82, 2.24) is 9.80 Å². The number of nitrogens with zero attached hydrogens (tertiary/aromatic N) is 2. The van der Waals surface area contributed by atoms with E-state index in [1.54, 1.807) is 0 Å². The summed E-state index contributed by atoms with van der Waals surface area (Å²) in [6.45, 7) is 5.68. The predicted molar refractivity (Wildman–Crippen MR) is 82.5 cm³/mol. The summed E-state index contributed by atoms with van der Waals surface area (Å²) in [5.74, 6) is 0.369. The van der Waals surface area contributed by atoms with E-state index in [-0.39, 0.29) is 12.0 Å². The van der Waals surface area contributed by atoms with E-state index >= 15 is 0 Å². The molecule has 0 spiro atoms. The number of carbonyl (C=O) groups excluding carboxylic acids is 1. The van der Waals surface area contributed by atoms with Crippen LogP contribution in [0.1, 0.15) is 51.9 Å². The first-order chi connectivity index (χ1) is 9.63. The maximum atomic E-state index is 12.6. The Bertz CT molecular complexity index is 313. The second-order valence-corrected chi connectivity index (χ2v) is 6.58. The van der Waals surface area contributed by atoms with Gasteiger partial charge in [0.15, 0.2) is 0 Å². The number of nitrogens with two attached hydrogens (primary N) is 1. The Labute approximate surface area is 123 Å². The largest absolute Gasteiger partial charge is 0.342 e.